The lowest BCUT2D eigenvalue weighted by Gasteiger charge is -2.06. The highest BCUT2D eigenvalue weighted by Crippen LogP contribution is 2.15. The van der Waals surface area contributed by atoms with Gasteiger partial charge in [-0.15, -0.1) is 0 Å². The quantitative estimate of drug-likeness (QED) is 0.420. The fraction of sp³-hybridized carbons (Fsp3) is 0.0400. The first-order valence-corrected chi connectivity index (χ1v) is 10.8. The highest BCUT2D eigenvalue weighted by Gasteiger charge is 2.12. The molecule has 0 spiro atoms. The molecule has 0 fully saturated rings. The maximum Gasteiger partial charge on any atom is 0.300 e. The van der Waals surface area contributed by atoms with Gasteiger partial charge in [0.15, 0.2) is 5.69 Å². The van der Waals surface area contributed by atoms with Gasteiger partial charge in [-0.1, -0.05) is 84.1 Å². The van der Waals surface area contributed by atoms with Crippen molar-refractivity contribution in [1.82, 2.24) is 14.6 Å². The van der Waals surface area contributed by atoms with E-state index in [1.54, 1.807) is 18.2 Å². The van der Waals surface area contributed by atoms with Crippen LogP contribution < -0.4 is 20.4 Å². The zero-order valence-corrected chi connectivity index (χ0v) is 17.7. The minimum Gasteiger partial charge on any atom is -0.489 e. The molecule has 0 aliphatic rings. The van der Waals surface area contributed by atoms with Crippen LogP contribution in [0.2, 0.25) is 0 Å². The van der Waals surface area contributed by atoms with Gasteiger partial charge >= 0.3 is 5.56 Å². The summed E-state index contributed by atoms with van der Waals surface area (Å²) in [6.45, 7) is 0.486. The molecule has 2 heterocycles. The molecule has 0 unspecified atom stereocenters. The largest absolute Gasteiger partial charge is 0.489 e. The van der Waals surface area contributed by atoms with Crippen LogP contribution in [-0.2, 0) is 6.61 Å². The van der Waals surface area contributed by atoms with Gasteiger partial charge in [-0.3, -0.25) is 9.59 Å². The third-order valence-electron chi connectivity index (χ3n) is 4.86. The van der Waals surface area contributed by atoms with Crippen LogP contribution in [0.3, 0.4) is 0 Å². The molecule has 0 saturated heterocycles. The van der Waals surface area contributed by atoms with Crippen molar-refractivity contribution in [2.24, 2.45) is 0 Å². The summed E-state index contributed by atoms with van der Waals surface area (Å²) in [6.07, 6.45) is 1.76. The molecule has 3 aromatic carbocycles. The summed E-state index contributed by atoms with van der Waals surface area (Å²) < 4.78 is 7.45. The average Bonchev–Trinajstić information content (AvgIpc) is 3.13. The number of aromatic nitrogens is 3. The van der Waals surface area contributed by atoms with Crippen LogP contribution in [0.4, 0.5) is 0 Å². The van der Waals surface area contributed by atoms with Gasteiger partial charge < -0.3 is 4.74 Å². The topological polar surface area (TPSA) is 73.6 Å². The van der Waals surface area contributed by atoms with Crippen molar-refractivity contribution in [3.63, 3.8) is 0 Å². The Morgan fingerprint density at radius 2 is 1.56 bits per heavy atom. The molecule has 0 atom stereocenters. The number of rotatable bonds is 5. The summed E-state index contributed by atoms with van der Waals surface area (Å²) in [6, 6.07) is 26.4. The smallest absolute Gasteiger partial charge is 0.300 e. The fourth-order valence-corrected chi connectivity index (χ4v) is 4.14. The first-order chi connectivity index (χ1) is 15.7. The summed E-state index contributed by atoms with van der Waals surface area (Å²) >= 11 is 1.14. The Hall–Kier alpha value is -4.10. The Labute approximate surface area is 186 Å². The van der Waals surface area contributed by atoms with Crippen molar-refractivity contribution in [3.05, 3.63) is 121 Å². The first-order valence-electron chi connectivity index (χ1n) is 9.95. The van der Waals surface area contributed by atoms with Gasteiger partial charge in [0, 0.05) is 5.56 Å². The van der Waals surface area contributed by atoms with Crippen molar-refractivity contribution in [3.8, 4) is 17.0 Å². The van der Waals surface area contributed by atoms with Crippen molar-refractivity contribution in [2.45, 2.75) is 6.61 Å². The molecule has 0 amide bonds. The standard InChI is InChI=1S/C25H17N3O3S/c29-23-22(19-9-5-2-6-10-19)27-28-24(30)21(32-25(28)26-23)15-17-11-13-20(14-12-17)31-16-18-7-3-1-4-8-18/h1-15H,16H2/b21-15+. The van der Waals surface area contributed by atoms with Gasteiger partial charge in [-0.2, -0.15) is 14.6 Å². The van der Waals surface area contributed by atoms with Crippen LogP contribution in [0.25, 0.3) is 22.3 Å². The van der Waals surface area contributed by atoms with Crippen LogP contribution in [0.15, 0.2) is 94.5 Å². The van der Waals surface area contributed by atoms with E-state index in [1.165, 1.54) is 4.52 Å². The summed E-state index contributed by atoms with van der Waals surface area (Å²) in [5.41, 5.74) is 1.95. The van der Waals surface area contributed by atoms with Gasteiger partial charge in [0.1, 0.15) is 12.4 Å². The average molecular weight is 439 g/mol. The van der Waals surface area contributed by atoms with Crippen LogP contribution in [0.5, 0.6) is 5.75 Å². The molecular weight excluding hydrogens is 422 g/mol. The first kappa shape index (κ1) is 19.8. The van der Waals surface area contributed by atoms with E-state index in [0.29, 0.717) is 16.7 Å². The highest BCUT2D eigenvalue weighted by molar-refractivity contribution is 7.15. The van der Waals surface area contributed by atoms with E-state index in [2.05, 4.69) is 10.1 Å². The summed E-state index contributed by atoms with van der Waals surface area (Å²) in [5, 5.41) is 4.27. The van der Waals surface area contributed by atoms with E-state index in [0.717, 1.165) is 28.2 Å². The molecule has 156 valence electrons. The monoisotopic (exact) mass is 439 g/mol. The molecule has 0 radical (unpaired) electrons. The Morgan fingerprint density at radius 1 is 0.875 bits per heavy atom. The van der Waals surface area contributed by atoms with E-state index in [-0.39, 0.29) is 16.2 Å². The number of thiazole rings is 1. The number of fused-ring (bicyclic) bond motifs is 1. The molecule has 2 aromatic heterocycles. The highest BCUT2D eigenvalue weighted by atomic mass is 32.1. The third kappa shape index (κ3) is 4.06. The van der Waals surface area contributed by atoms with Crippen LogP contribution in [-0.4, -0.2) is 14.6 Å². The zero-order valence-electron chi connectivity index (χ0n) is 16.8. The van der Waals surface area contributed by atoms with Crippen molar-refractivity contribution in [1.29, 1.82) is 0 Å². The second kappa shape index (κ2) is 8.56. The Balaban J connectivity index is 1.44. The van der Waals surface area contributed by atoms with Crippen LogP contribution in [0.1, 0.15) is 11.1 Å². The summed E-state index contributed by atoms with van der Waals surface area (Å²) in [4.78, 5) is 29.6. The predicted molar refractivity (Wildman–Crippen MR) is 125 cm³/mol. The number of benzene rings is 3. The molecule has 0 saturated carbocycles. The SMILES string of the molecule is O=c1nc2s/c(=C/c3ccc(OCc4ccccc4)cc3)c(=O)n2nc1-c1ccccc1. The van der Waals surface area contributed by atoms with Gasteiger partial charge in [-0.05, 0) is 29.3 Å². The van der Waals surface area contributed by atoms with Gasteiger partial charge in [-0.25, -0.2) is 0 Å². The number of ether oxygens (including phenoxy) is 1. The fourth-order valence-electron chi connectivity index (χ4n) is 3.24. The van der Waals surface area contributed by atoms with E-state index in [4.69, 9.17) is 4.74 Å². The van der Waals surface area contributed by atoms with E-state index in [9.17, 15) is 9.59 Å². The second-order valence-corrected chi connectivity index (χ2v) is 8.09. The number of nitrogens with zero attached hydrogens (tertiary/aromatic N) is 3. The van der Waals surface area contributed by atoms with Crippen LogP contribution >= 0.6 is 11.3 Å². The number of hydrogen-bond acceptors (Lipinski definition) is 6. The molecule has 5 rings (SSSR count). The van der Waals surface area contributed by atoms with Crippen molar-refractivity contribution >= 4 is 22.4 Å². The summed E-state index contributed by atoms with van der Waals surface area (Å²) in [5.74, 6) is 0.742. The molecule has 0 aliphatic carbocycles. The van der Waals surface area contributed by atoms with Crippen LogP contribution in [0, 0.1) is 0 Å². The molecule has 6 nitrogen and oxygen atoms in total. The third-order valence-corrected chi connectivity index (χ3v) is 5.82. The second-order valence-electron chi connectivity index (χ2n) is 7.09. The molecule has 0 bridgehead atoms. The van der Waals surface area contributed by atoms with Gasteiger partial charge in [0.25, 0.3) is 5.56 Å². The molecule has 5 aromatic rings. The summed E-state index contributed by atoms with van der Waals surface area (Å²) in [7, 11) is 0. The maximum atomic E-state index is 12.9. The Morgan fingerprint density at radius 3 is 2.28 bits per heavy atom. The lowest BCUT2D eigenvalue weighted by Crippen LogP contribution is -2.26. The lowest BCUT2D eigenvalue weighted by atomic mass is 10.2. The molecule has 0 N–H and O–H groups in total. The van der Waals surface area contributed by atoms with Crippen molar-refractivity contribution < 1.29 is 4.74 Å². The zero-order chi connectivity index (χ0) is 21.9. The molecule has 0 aliphatic heterocycles. The van der Waals surface area contributed by atoms with Crippen molar-refractivity contribution in [2.75, 3.05) is 0 Å². The van der Waals surface area contributed by atoms with Gasteiger partial charge in [0.2, 0.25) is 4.96 Å². The normalized spacial score (nSPS) is 11.7. The Kier molecular flexibility index (Phi) is 5.31. The Bertz CT molecular complexity index is 1540. The lowest BCUT2D eigenvalue weighted by molar-refractivity contribution is 0.306. The van der Waals surface area contributed by atoms with E-state index in [1.807, 2.05) is 72.8 Å². The molecule has 7 heteroatoms. The molecular formula is C25H17N3O3S. The predicted octanol–water partition coefficient (Wildman–Crippen LogP) is 3.30. The number of hydrogen-bond donors (Lipinski definition) is 0. The molecule has 32 heavy (non-hydrogen) atoms. The van der Waals surface area contributed by atoms with E-state index < -0.39 is 5.56 Å². The minimum atomic E-state index is -0.455. The minimum absolute atomic E-state index is 0.157. The maximum absolute atomic E-state index is 12.9. The van der Waals surface area contributed by atoms with E-state index >= 15 is 0 Å². The van der Waals surface area contributed by atoms with Gasteiger partial charge in [0.05, 0.1) is 4.53 Å².